The molecule has 0 aromatic heterocycles. The number of piperazine rings is 1. The molecule has 0 aromatic carbocycles. The molecule has 8 heteroatoms. The van der Waals surface area contributed by atoms with Crippen LogP contribution in [-0.4, -0.2) is 116 Å². The van der Waals surface area contributed by atoms with Crippen molar-refractivity contribution in [3.8, 4) is 0 Å². The first-order valence-electron chi connectivity index (χ1n) is 11.2. The number of cyclic esters (lactones) is 1. The van der Waals surface area contributed by atoms with Crippen molar-refractivity contribution in [3.63, 3.8) is 0 Å². The van der Waals surface area contributed by atoms with E-state index in [-0.39, 0.29) is 18.2 Å². The summed E-state index contributed by atoms with van der Waals surface area (Å²) in [5.41, 5.74) is 0. The molecular weight excluding hydrogens is 372 g/mol. The van der Waals surface area contributed by atoms with Gasteiger partial charge in [0.05, 0.1) is 20.2 Å². The van der Waals surface area contributed by atoms with Gasteiger partial charge in [0.2, 0.25) is 0 Å². The van der Waals surface area contributed by atoms with Crippen LogP contribution in [0.4, 0.5) is 4.79 Å². The van der Waals surface area contributed by atoms with Crippen LogP contribution in [0.1, 0.15) is 33.1 Å². The first-order chi connectivity index (χ1) is 13.9. The van der Waals surface area contributed by atoms with Crippen molar-refractivity contribution in [3.05, 3.63) is 0 Å². The molecule has 1 unspecified atom stereocenters. The van der Waals surface area contributed by atoms with E-state index in [0.717, 1.165) is 51.6 Å². The summed E-state index contributed by atoms with van der Waals surface area (Å²) in [5.74, 6) is 0.536. The minimum Gasteiger partial charge on any atom is -0.468 e. The third-order valence-electron chi connectivity index (χ3n) is 6.64. The Hall–Kier alpha value is -1.38. The van der Waals surface area contributed by atoms with Crippen molar-refractivity contribution in [1.82, 2.24) is 19.6 Å². The van der Waals surface area contributed by atoms with Gasteiger partial charge in [-0.15, -0.1) is 0 Å². The first kappa shape index (κ1) is 22.3. The lowest BCUT2D eigenvalue weighted by molar-refractivity contribution is -0.142. The van der Waals surface area contributed by atoms with Crippen molar-refractivity contribution < 1.29 is 19.1 Å². The zero-order valence-corrected chi connectivity index (χ0v) is 18.3. The number of rotatable bonds is 8. The Bertz CT molecular complexity index is 543. The Balaban J connectivity index is 1.33. The van der Waals surface area contributed by atoms with E-state index in [1.807, 2.05) is 4.90 Å². The fourth-order valence-corrected chi connectivity index (χ4v) is 4.61. The Kier molecular flexibility index (Phi) is 8.15. The second kappa shape index (κ2) is 10.6. The van der Waals surface area contributed by atoms with E-state index in [2.05, 4.69) is 28.5 Å². The maximum absolute atomic E-state index is 12.3. The normalized spacial score (nSPS) is 25.6. The highest BCUT2D eigenvalue weighted by molar-refractivity contribution is 5.71. The number of piperidine rings is 1. The van der Waals surface area contributed by atoms with Gasteiger partial charge in [-0.3, -0.25) is 14.6 Å². The van der Waals surface area contributed by atoms with Crippen LogP contribution in [0.5, 0.6) is 0 Å². The molecule has 1 amide bonds. The first-order valence-corrected chi connectivity index (χ1v) is 11.2. The lowest BCUT2D eigenvalue weighted by atomic mass is 9.93. The Labute approximate surface area is 175 Å². The molecule has 0 saturated carbocycles. The minimum atomic E-state index is -0.186. The number of nitrogens with zero attached hydrogens (tertiary/aromatic N) is 4. The molecule has 0 spiro atoms. The van der Waals surface area contributed by atoms with Gasteiger partial charge in [0.15, 0.2) is 0 Å². The van der Waals surface area contributed by atoms with Crippen LogP contribution in [-0.2, 0) is 14.3 Å². The third kappa shape index (κ3) is 6.55. The quantitative estimate of drug-likeness (QED) is 0.556. The van der Waals surface area contributed by atoms with Crippen molar-refractivity contribution in [1.29, 1.82) is 0 Å². The number of carbonyl (C=O) groups is 2. The van der Waals surface area contributed by atoms with Crippen molar-refractivity contribution >= 4 is 12.1 Å². The molecule has 3 fully saturated rings. The standard InChI is InChI=1S/C21H38N4O4/c1-17(2)24-7-4-18(5-8-24)6-9-25-15-19(29-21(25)27)14-22-10-12-23(13-11-22)16-20(26)28-3/h17-19H,4-16H2,1-3H3. The molecule has 29 heavy (non-hydrogen) atoms. The van der Waals surface area contributed by atoms with E-state index in [0.29, 0.717) is 19.1 Å². The number of hydrogen-bond donors (Lipinski definition) is 0. The molecule has 3 rings (SSSR count). The fourth-order valence-electron chi connectivity index (χ4n) is 4.61. The Morgan fingerprint density at radius 3 is 2.38 bits per heavy atom. The molecule has 0 N–H and O–H groups in total. The summed E-state index contributed by atoms with van der Waals surface area (Å²) in [5, 5.41) is 0. The molecule has 3 aliphatic rings. The lowest BCUT2D eigenvalue weighted by Gasteiger charge is -2.35. The molecular formula is C21H38N4O4. The molecule has 0 aromatic rings. The highest BCUT2D eigenvalue weighted by atomic mass is 16.6. The summed E-state index contributed by atoms with van der Waals surface area (Å²) >= 11 is 0. The van der Waals surface area contributed by atoms with Crippen LogP contribution in [0.2, 0.25) is 0 Å². The number of carbonyl (C=O) groups excluding carboxylic acids is 2. The predicted octanol–water partition coefficient (Wildman–Crippen LogP) is 1.11. The lowest BCUT2D eigenvalue weighted by Crippen LogP contribution is -2.50. The van der Waals surface area contributed by atoms with Gasteiger partial charge in [0, 0.05) is 45.3 Å². The van der Waals surface area contributed by atoms with Crippen LogP contribution in [0.3, 0.4) is 0 Å². The number of likely N-dealkylation sites (tertiary alicyclic amines) is 1. The largest absolute Gasteiger partial charge is 0.468 e. The molecule has 3 heterocycles. The van der Waals surface area contributed by atoms with E-state index >= 15 is 0 Å². The van der Waals surface area contributed by atoms with Crippen molar-refractivity contribution in [2.45, 2.75) is 45.3 Å². The van der Waals surface area contributed by atoms with E-state index < -0.39 is 0 Å². The number of esters is 1. The van der Waals surface area contributed by atoms with E-state index in [1.54, 1.807) is 0 Å². The van der Waals surface area contributed by atoms with E-state index in [9.17, 15) is 9.59 Å². The zero-order chi connectivity index (χ0) is 20.8. The van der Waals surface area contributed by atoms with Crippen molar-refractivity contribution in [2.24, 2.45) is 5.92 Å². The van der Waals surface area contributed by atoms with Gasteiger partial charge < -0.3 is 19.3 Å². The monoisotopic (exact) mass is 410 g/mol. The minimum absolute atomic E-state index is 0.0440. The smallest absolute Gasteiger partial charge is 0.410 e. The van der Waals surface area contributed by atoms with Crippen LogP contribution < -0.4 is 0 Å². The van der Waals surface area contributed by atoms with Crippen LogP contribution in [0, 0.1) is 5.92 Å². The molecule has 3 saturated heterocycles. The maximum Gasteiger partial charge on any atom is 0.410 e. The van der Waals surface area contributed by atoms with Crippen molar-refractivity contribution in [2.75, 3.05) is 72.6 Å². The van der Waals surface area contributed by atoms with Gasteiger partial charge in [-0.25, -0.2) is 4.79 Å². The third-order valence-corrected chi connectivity index (χ3v) is 6.64. The second-order valence-corrected chi connectivity index (χ2v) is 8.97. The molecule has 3 aliphatic heterocycles. The fraction of sp³-hybridized carbons (Fsp3) is 0.905. The molecule has 166 valence electrons. The van der Waals surface area contributed by atoms with E-state index in [1.165, 1.54) is 33.0 Å². The summed E-state index contributed by atoms with van der Waals surface area (Å²) in [6, 6.07) is 0.632. The van der Waals surface area contributed by atoms with Gasteiger partial charge in [-0.2, -0.15) is 0 Å². The summed E-state index contributed by atoms with van der Waals surface area (Å²) in [6.07, 6.45) is 3.36. The molecule has 0 radical (unpaired) electrons. The number of ether oxygens (including phenoxy) is 2. The van der Waals surface area contributed by atoms with Crippen LogP contribution in [0.25, 0.3) is 0 Å². The van der Waals surface area contributed by atoms with Gasteiger partial charge in [0.25, 0.3) is 0 Å². The van der Waals surface area contributed by atoms with E-state index in [4.69, 9.17) is 9.47 Å². The number of amides is 1. The average Bonchev–Trinajstić information content (AvgIpc) is 3.07. The molecule has 0 aliphatic carbocycles. The summed E-state index contributed by atoms with van der Waals surface area (Å²) < 4.78 is 10.4. The maximum atomic E-state index is 12.3. The zero-order valence-electron chi connectivity index (χ0n) is 18.3. The van der Waals surface area contributed by atoms with Gasteiger partial charge in [-0.1, -0.05) is 0 Å². The molecule has 0 bridgehead atoms. The highest BCUT2D eigenvalue weighted by Crippen LogP contribution is 2.23. The van der Waals surface area contributed by atoms with Crippen LogP contribution >= 0.6 is 0 Å². The van der Waals surface area contributed by atoms with Crippen LogP contribution in [0.15, 0.2) is 0 Å². The van der Waals surface area contributed by atoms with Gasteiger partial charge in [-0.05, 0) is 52.1 Å². The summed E-state index contributed by atoms with van der Waals surface area (Å²) in [6.45, 7) is 13.0. The number of methoxy groups -OCH3 is 1. The average molecular weight is 411 g/mol. The van der Waals surface area contributed by atoms with Gasteiger partial charge in [0.1, 0.15) is 6.10 Å². The number of hydrogen-bond acceptors (Lipinski definition) is 7. The Morgan fingerprint density at radius 2 is 1.76 bits per heavy atom. The SMILES string of the molecule is COC(=O)CN1CCN(CC2CN(CCC3CCN(C(C)C)CC3)C(=O)O2)CC1. The highest BCUT2D eigenvalue weighted by Gasteiger charge is 2.33. The predicted molar refractivity (Wildman–Crippen MR) is 111 cm³/mol. The van der Waals surface area contributed by atoms with Gasteiger partial charge >= 0.3 is 12.1 Å². The molecule has 1 atom stereocenters. The summed E-state index contributed by atoms with van der Waals surface area (Å²) in [7, 11) is 1.42. The topological polar surface area (TPSA) is 65.6 Å². The Morgan fingerprint density at radius 1 is 1.10 bits per heavy atom. The second-order valence-electron chi connectivity index (χ2n) is 8.97. The summed E-state index contributed by atoms with van der Waals surface area (Å²) in [4.78, 5) is 32.5. The molecule has 8 nitrogen and oxygen atoms in total.